The second kappa shape index (κ2) is 5.31. The molecule has 100 valence electrons. The van der Waals surface area contributed by atoms with Crippen LogP contribution in [0.1, 0.15) is 0 Å². The zero-order valence-corrected chi connectivity index (χ0v) is 12.8. The van der Waals surface area contributed by atoms with Crippen molar-refractivity contribution in [1.29, 1.82) is 0 Å². The largest absolute Gasteiger partial charge is 0.384 e. The van der Waals surface area contributed by atoms with E-state index in [4.69, 9.17) is 17.3 Å². The lowest BCUT2D eigenvalue weighted by atomic mass is 10.1. The molecule has 0 atom stereocenters. The van der Waals surface area contributed by atoms with Crippen molar-refractivity contribution < 1.29 is 0 Å². The van der Waals surface area contributed by atoms with Gasteiger partial charge < -0.3 is 5.73 Å². The molecule has 0 aliphatic carbocycles. The van der Waals surface area contributed by atoms with E-state index in [1.54, 1.807) is 4.68 Å². The van der Waals surface area contributed by atoms with Gasteiger partial charge in [0.1, 0.15) is 5.82 Å². The van der Waals surface area contributed by atoms with Gasteiger partial charge in [-0.3, -0.25) is 0 Å². The second-order valence-corrected chi connectivity index (χ2v) is 5.56. The van der Waals surface area contributed by atoms with Crippen LogP contribution in [-0.2, 0) is 0 Å². The number of nitrogens with two attached hydrogens (primary N) is 1. The smallest absolute Gasteiger partial charge is 0.127 e. The van der Waals surface area contributed by atoms with Crippen molar-refractivity contribution in [3.63, 3.8) is 0 Å². The number of aromatic nitrogens is 2. The molecule has 3 rings (SSSR count). The van der Waals surface area contributed by atoms with Crippen LogP contribution in [0, 0.1) is 0 Å². The first-order chi connectivity index (χ1) is 9.66. The molecule has 0 saturated heterocycles. The van der Waals surface area contributed by atoms with E-state index in [0.717, 1.165) is 21.4 Å². The average molecular weight is 349 g/mol. The van der Waals surface area contributed by atoms with Gasteiger partial charge in [0.2, 0.25) is 0 Å². The van der Waals surface area contributed by atoms with Gasteiger partial charge in [0.05, 0.1) is 16.4 Å². The van der Waals surface area contributed by atoms with Crippen LogP contribution < -0.4 is 5.73 Å². The number of para-hydroxylation sites is 1. The first-order valence-electron chi connectivity index (χ1n) is 6.02. The number of hydrogen-bond acceptors (Lipinski definition) is 2. The minimum absolute atomic E-state index is 0.562. The van der Waals surface area contributed by atoms with E-state index >= 15 is 0 Å². The quantitative estimate of drug-likeness (QED) is 0.739. The molecule has 1 heterocycles. The van der Waals surface area contributed by atoms with E-state index in [-0.39, 0.29) is 0 Å². The van der Waals surface area contributed by atoms with Crippen LogP contribution in [0.4, 0.5) is 5.82 Å². The van der Waals surface area contributed by atoms with Gasteiger partial charge in [-0.1, -0.05) is 41.9 Å². The van der Waals surface area contributed by atoms with E-state index in [9.17, 15) is 0 Å². The molecule has 0 amide bonds. The first kappa shape index (κ1) is 13.2. The topological polar surface area (TPSA) is 43.8 Å². The van der Waals surface area contributed by atoms with Gasteiger partial charge in [-0.15, -0.1) is 0 Å². The Morgan fingerprint density at radius 3 is 2.50 bits per heavy atom. The van der Waals surface area contributed by atoms with Gasteiger partial charge >= 0.3 is 0 Å². The molecular formula is C15H11BrClN3. The fourth-order valence-electron chi connectivity index (χ4n) is 2.01. The van der Waals surface area contributed by atoms with Gasteiger partial charge in [0, 0.05) is 16.1 Å². The first-order valence-corrected chi connectivity index (χ1v) is 7.19. The van der Waals surface area contributed by atoms with E-state index in [0.29, 0.717) is 10.8 Å². The average Bonchev–Trinajstić information content (AvgIpc) is 2.81. The summed E-state index contributed by atoms with van der Waals surface area (Å²) in [5.74, 6) is 0.562. The van der Waals surface area contributed by atoms with Crippen molar-refractivity contribution >= 4 is 33.3 Å². The fourth-order valence-corrected chi connectivity index (χ4v) is 2.70. The predicted molar refractivity (Wildman–Crippen MR) is 86.1 cm³/mol. The summed E-state index contributed by atoms with van der Waals surface area (Å²) in [7, 11) is 0. The molecule has 0 fully saturated rings. The van der Waals surface area contributed by atoms with E-state index in [1.165, 1.54) is 0 Å². The standard InChI is InChI=1S/C15H11BrClN3/c16-11-6-2-4-8-14(11)20-15(18)9-13(19-20)10-5-1-3-7-12(10)17/h1-9H,18H2. The van der Waals surface area contributed by atoms with Crippen molar-refractivity contribution in [1.82, 2.24) is 9.78 Å². The van der Waals surface area contributed by atoms with Crippen LogP contribution >= 0.6 is 27.5 Å². The minimum atomic E-state index is 0.562. The minimum Gasteiger partial charge on any atom is -0.384 e. The van der Waals surface area contributed by atoms with Gasteiger partial charge in [0.15, 0.2) is 0 Å². The molecule has 0 bridgehead atoms. The second-order valence-electron chi connectivity index (χ2n) is 4.30. The molecule has 3 aromatic rings. The molecule has 5 heteroatoms. The third kappa shape index (κ3) is 2.32. The monoisotopic (exact) mass is 347 g/mol. The highest BCUT2D eigenvalue weighted by atomic mass is 79.9. The van der Waals surface area contributed by atoms with E-state index in [1.807, 2.05) is 54.6 Å². The summed E-state index contributed by atoms with van der Waals surface area (Å²) in [6.45, 7) is 0. The Morgan fingerprint density at radius 1 is 1.05 bits per heavy atom. The number of rotatable bonds is 2. The van der Waals surface area contributed by atoms with Gasteiger partial charge in [0.25, 0.3) is 0 Å². The van der Waals surface area contributed by atoms with Crippen molar-refractivity contribution in [3.8, 4) is 16.9 Å². The lowest BCUT2D eigenvalue weighted by Gasteiger charge is -2.05. The Balaban J connectivity index is 2.13. The summed E-state index contributed by atoms with van der Waals surface area (Å²) in [4.78, 5) is 0. The Morgan fingerprint density at radius 2 is 1.75 bits per heavy atom. The molecule has 0 radical (unpaired) electrons. The number of nitrogen functional groups attached to an aromatic ring is 1. The highest BCUT2D eigenvalue weighted by Crippen LogP contribution is 2.30. The van der Waals surface area contributed by atoms with Gasteiger partial charge in [-0.05, 0) is 34.1 Å². The predicted octanol–water partition coefficient (Wildman–Crippen LogP) is 4.54. The highest BCUT2D eigenvalue weighted by molar-refractivity contribution is 9.10. The molecule has 0 aliphatic heterocycles. The molecule has 0 unspecified atom stereocenters. The SMILES string of the molecule is Nc1cc(-c2ccccc2Cl)nn1-c1ccccc1Br. The maximum atomic E-state index is 6.20. The maximum Gasteiger partial charge on any atom is 0.127 e. The summed E-state index contributed by atoms with van der Waals surface area (Å²) >= 11 is 9.70. The highest BCUT2D eigenvalue weighted by Gasteiger charge is 2.12. The Bertz CT molecular complexity index is 767. The molecule has 0 spiro atoms. The third-order valence-electron chi connectivity index (χ3n) is 2.97. The fraction of sp³-hybridized carbons (Fsp3) is 0. The van der Waals surface area contributed by atoms with Crippen LogP contribution in [-0.4, -0.2) is 9.78 Å². The number of benzene rings is 2. The van der Waals surface area contributed by atoms with Crippen molar-refractivity contribution in [2.45, 2.75) is 0 Å². The van der Waals surface area contributed by atoms with Gasteiger partial charge in [-0.2, -0.15) is 5.10 Å². The number of nitrogens with zero attached hydrogens (tertiary/aromatic N) is 2. The van der Waals surface area contributed by atoms with Crippen LogP contribution in [0.3, 0.4) is 0 Å². The van der Waals surface area contributed by atoms with Crippen molar-refractivity contribution in [3.05, 3.63) is 64.1 Å². The lowest BCUT2D eigenvalue weighted by Crippen LogP contribution is -2.02. The number of halogens is 2. The Labute approximate surface area is 130 Å². The van der Waals surface area contributed by atoms with Crippen molar-refractivity contribution in [2.75, 3.05) is 5.73 Å². The third-order valence-corrected chi connectivity index (χ3v) is 3.97. The van der Waals surface area contributed by atoms with E-state index < -0.39 is 0 Å². The zero-order valence-electron chi connectivity index (χ0n) is 10.4. The molecule has 3 nitrogen and oxygen atoms in total. The number of hydrogen-bond donors (Lipinski definition) is 1. The summed E-state index contributed by atoms with van der Waals surface area (Å²) in [5.41, 5.74) is 8.58. The molecular weight excluding hydrogens is 338 g/mol. The van der Waals surface area contributed by atoms with Crippen LogP contribution in [0.5, 0.6) is 0 Å². The van der Waals surface area contributed by atoms with Crippen molar-refractivity contribution in [2.24, 2.45) is 0 Å². The molecule has 20 heavy (non-hydrogen) atoms. The lowest BCUT2D eigenvalue weighted by molar-refractivity contribution is 0.891. The molecule has 1 aromatic heterocycles. The molecule has 0 aliphatic rings. The van der Waals surface area contributed by atoms with E-state index in [2.05, 4.69) is 21.0 Å². The van der Waals surface area contributed by atoms with Gasteiger partial charge in [-0.25, -0.2) is 4.68 Å². The normalized spacial score (nSPS) is 10.7. The summed E-state index contributed by atoms with van der Waals surface area (Å²) in [6.07, 6.45) is 0. The summed E-state index contributed by atoms with van der Waals surface area (Å²) < 4.78 is 2.63. The number of anilines is 1. The summed E-state index contributed by atoms with van der Waals surface area (Å²) in [5, 5.41) is 5.21. The Hall–Kier alpha value is -1.78. The molecule has 0 saturated carbocycles. The molecule has 2 aromatic carbocycles. The maximum absolute atomic E-state index is 6.20. The van der Waals surface area contributed by atoms with Crippen LogP contribution in [0.15, 0.2) is 59.1 Å². The van der Waals surface area contributed by atoms with Crippen LogP contribution in [0.25, 0.3) is 16.9 Å². The summed E-state index contributed by atoms with van der Waals surface area (Å²) in [6, 6.07) is 17.2. The Kier molecular flexibility index (Phi) is 3.51. The molecule has 2 N–H and O–H groups in total. The van der Waals surface area contributed by atoms with Crippen LogP contribution in [0.2, 0.25) is 5.02 Å². The zero-order chi connectivity index (χ0) is 14.1.